The lowest BCUT2D eigenvalue weighted by Crippen LogP contribution is -2.20. The highest BCUT2D eigenvalue weighted by molar-refractivity contribution is 8.18. The Hall–Kier alpha value is -3.98. The van der Waals surface area contributed by atoms with Crippen LogP contribution in [0.2, 0.25) is 0 Å². The first-order valence-electron chi connectivity index (χ1n) is 10.9. The van der Waals surface area contributed by atoms with Crippen molar-refractivity contribution in [3.63, 3.8) is 0 Å². The summed E-state index contributed by atoms with van der Waals surface area (Å²) in [5.41, 5.74) is 3.08. The SMILES string of the molecule is COc1c(-c2ncc(C)o2)cnc2ccc(/C=C3\SC(=NCCc4cccc(F)c4)NC3=O)cc12. The number of halogens is 1. The highest BCUT2D eigenvalue weighted by Gasteiger charge is 2.24. The van der Waals surface area contributed by atoms with Gasteiger partial charge >= 0.3 is 0 Å². The fourth-order valence-corrected chi connectivity index (χ4v) is 4.61. The molecule has 3 heterocycles. The summed E-state index contributed by atoms with van der Waals surface area (Å²) in [6.07, 6.45) is 5.71. The van der Waals surface area contributed by atoms with Crippen molar-refractivity contribution in [2.45, 2.75) is 13.3 Å². The second kappa shape index (κ2) is 9.71. The molecule has 5 rings (SSSR count). The monoisotopic (exact) mass is 488 g/mol. The number of carbonyl (C=O) groups is 1. The summed E-state index contributed by atoms with van der Waals surface area (Å²) < 4.78 is 24.7. The predicted molar refractivity (Wildman–Crippen MR) is 135 cm³/mol. The van der Waals surface area contributed by atoms with Gasteiger partial charge in [-0.2, -0.15) is 0 Å². The number of benzene rings is 2. The van der Waals surface area contributed by atoms with E-state index >= 15 is 0 Å². The van der Waals surface area contributed by atoms with E-state index in [1.165, 1.54) is 23.9 Å². The van der Waals surface area contributed by atoms with Gasteiger partial charge in [0.05, 0.1) is 29.3 Å². The number of nitrogens with one attached hydrogen (secondary N) is 1. The van der Waals surface area contributed by atoms with E-state index in [1.807, 2.05) is 31.2 Å². The zero-order chi connectivity index (χ0) is 24.4. The fraction of sp³-hybridized carbons (Fsp3) is 0.154. The molecule has 0 unspecified atom stereocenters. The summed E-state index contributed by atoms with van der Waals surface area (Å²) >= 11 is 1.27. The molecule has 9 heteroatoms. The van der Waals surface area contributed by atoms with E-state index < -0.39 is 0 Å². The van der Waals surface area contributed by atoms with Gasteiger partial charge in [-0.1, -0.05) is 18.2 Å². The molecule has 35 heavy (non-hydrogen) atoms. The molecule has 1 fully saturated rings. The third-order valence-corrected chi connectivity index (χ3v) is 6.34. The minimum Gasteiger partial charge on any atom is -0.495 e. The average Bonchev–Trinajstić information content (AvgIpc) is 3.43. The zero-order valence-corrected chi connectivity index (χ0v) is 19.9. The molecule has 1 saturated heterocycles. The molecule has 0 spiro atoms. The Morgan fingerprint density at radius 2 is 2.09 bits per heavy atom. The summed E-state index contributed by atoms with van der Waals surface area (Å²) in [6, 6.07) is 12.1. The first-order valence-corrected chi connectivity index (χ1v) is 11.7. The van der Waals surface area contributed by atoms with Crippen molar-refractivity contribution >= 4 is 39.8 Å². The number of amides is 1. The van der Waals surface area contributed by atoms with Gasteiger partial charge in [-0.05, 0) is 66.6 Å². The maximum atomic E-state index is 13.3. The van der Waals surface area contributed by atoms with Gasteiger partial charge in [-0.25, -0.2) is 9.37 Å². The summed E-state index contributed by atoms with van der Waals surface area (Å²) in [7, 11) is 1.59. The lowest BCUT2D eigenvalue weighted by atomic mass is 10.1. The number of oxazole rings is 1. The second-order valence-corrected chi connectivity index (χ2v) is 8.92. The molecule has 176 valence electrons. The number of thioether (sulfide) groups is 1. The van der Waals surface area contributed by atoms with Gasteiger partial charge in [0, 0.05) is 18.1 Å². The Morgan fingerprint density at radius 1 is 1.20 bits per heavy atom. The van der Waals surface area contributed by atoms with Crippen molar-refractivity contribution in [1.29, 1.82) is 0 Å². The molecule has 7 nitrogen and oxygen atoms in total. The van der Waals surface area contributed by atoms with Gasteiger partial charge in [0.2, 0.25) is 5.89 Å². The second-order valence-electron chi connectivity index (χ2n) is 7.89. The van der Waals surface area contributed by atoms with Crippen LogP contribution in [0.5, 0.6) is 5.75 Å². The smallest absolute Gasteiger partial charge is 0.264 e. The molecule has 4 aromatic rings. The minimum atomic E-state index is -0.270. The average molecular weight is 489 g/mol. The normalized spacial score (nSPS) is 15.8. The van der Waals surface area contributed by atoms with Crippen LogP contribution in [0.25, 0.3) is 28.4 Å². The van der Waals surface area contributed by atoms with Crippen molar-refractivity contribution in [3.05, 3.63) is 82.5 Å². The topological polar surface area (TPSA) is 89.6 Å². The van der Waals surface area contributed by atoms with E-state index in [0.717, 1.165) is 22.0 Å². The van der Waals surface area contributed by atoms with E-state index in [1.54, 1.807) is 31.6 Å². The lowest BCUT2D eigenvalue weighted by Gasteiger charge is -2.10. The maximum Gasteiger partial charge on any atom is 0.264 e. The molecule has 1 amide bonds. The van der Waals surface area contributed by atoms with Crippen LogP contribution in [0.15, 0.2) is 69.2 Å². The maximum absolute atomic E-state index is 13.3. The van der Waals surface area contributed by atoms with Crippen molar-refractivity contribution < 1.29 is 18.3 Å². The molecule has 0 saturated carbocycles. The highest BCUT2D eigenvalue weighted by Crippen LogP contribution is 2.36. The quantitative estimate of drug-likeness (QED) is 0.378. The number of pyridine rings is 1. The Kier molecular flexibility index (Phi) is 6.33. The number of aryl methyl sites for hydroxylation is 1. The molecule has 1 N–H and O–H groups in total. The summed E-state index contributed by atoms with van der Waals surface area (Å²) in [5.74, 6) is 1.24. The number of ether oxygens (including phenoxy) is 1. The molecular weight excluding hydrogens is 467 g/mol. The van der Waals surface area contributed by atoms with E-state index in [9.17, 15) is 9.18 Å². The van der Waals surface area contributed by atoms with Gasteiger partial charge in [0.15, 0.2) is 5.17 Å². The van der Waals surface area contributed by atoms with Crippen LogP contribution >= 0.6 is 11.8 Å². The minimum absolute atomic E-state index is 0.214. The number of methoxy groups -OCH3 is 1. The van der Waals surface area contributed by atoms with Crippen molar-refractivity contribution in [1.82, 2.24) is 15.3 Å². The molecular formula is C26H21FN4O3S. The van der Waals surface area contributed by atoms with Crippen LogP contribution in [0, 0.1) is 12.7 Å². The van der Waals surface area contributed by atoms with Crippen LogP contribution < -0.4 is 10.1 Å². The summed E-state index contributed by atoms with van der Waals surface area (Å²) in [5, 5.41) is 4.10. The number of nitrogens with zero attached hydrogens (tertiary/aromatic N) is 3. The molecule has 0 atom stereocenters. The number of aliphatic imine (C=N–C) groups is 1. The number of carbonyl (C=O) groups excluding carboxylic acids is 1. The molecule has 0 radical (unpaired) electrons. The zero-order valence-electron chi connectivity index (χ0n) is 19.0. The van der Waals surface area contributed by atoms with Gasteiger partial charge < -0.3 is 14.5 Å². The number of aromatic nitrogens is 2. The Labute approximate surface area is 205 Å². The number of fused-ring (bicyclic) bond motifs is 1. The first kappa shape index (κ1) is 22.8. The van der Waals surface area contributed by atoms with E-state index in [-0.39, 0.29) is 11.7 Å². The molecule has 2 aromatic carbocycles. The lowest BCUT2D eigenvalue weighted by molar-refractivity contribution is -0.115. The largest absolute Gasteiger partial charge is 0.495 e. The van der Waals surface area contributed by atoms with E-state index in [4.69, 9.17) is 9.15 Å². The highest BCUT2D eigenvalue weighted by atomic mass is 32.2. The van der Waals surface area contributed by atoms with Crippen molar-refractivity contribution in [3.8, 4) is 17.2 Å². The van der Waals surface area contributed by atoms with Crippen LogP contribution in [-0.4, -0.2) is 34.7 Å². The standard InChI is InChI=1S/C26H21FN4O3S/c1-15-13-30-25(34-15)20-14-29-21-7-6-17(11-19(21)23(20)33-2)12-22-24(32)31-26(35-22)28-9-8-16-4-3-5-18(27)10-16/h3-7,10-14H,8-9H2,1-2H3,(H,28,31,32)/b22-12-. The van der Waals surface area contributed by atoms with Gasteiger partial charge in [0.1, 0.15) is 17.3 Å². The van der Waals surface area contributed by atoms with E-state index in [0.29, 0.717) is 46.0 Å². The third kappa shape index (κ3) is 4.95. The number of rotatable bonds is 6. The predicted octanol–water partition coefficient (Wildman–Crippen LogP) is 5.15. The molecule has 2 aromatic heterocycles. The fourth-order valence-electron chi connectivity index (χ4n) is 3.76. The van der Waals surface area contributed by atoms with Gasteiger partial charge in [0.25, 0.3) is 5.91 Å². The Morgan fingerprint density at radius 3 is 2.86 bits per heavy atom. The molecule has 1 aliphatic rings. The Bertz CT molecular complexity index is 1500. The third-order valence-electron chi connectivity index (χ3n) is 5.39. The Balaban J connectivity index is 1.38. The number of amidine groups is 1. The van der Waals surface area contributed by atoms with Crippen LogP contribution in [0.4, 0.5) is 4.39 Å². The van der Waals surface area contributed by atoms with Gasteiger partial charge in [-0.15, -0.1) is 0 Å². The van der Waals surface area contributed by atoms with Crippen LogP contribution in [-0.2, 0) is 11.2 Å². The summed E-state index contributed by atoms with van der Waals surface area (Å²) in [4.78, 5) is 26.3. The molecule has 1 aliphatic heterocycles. The van der Waals surface area contributed by atoms with Crippen LogP contribution in [0.1, 0.15) is 16.9 Å². The first-order chi connectivity index (χ1) is 17.0. The van der Waals surface area contributed by atoms with Crippen LogP contribution in [0.3, 0.4) is 0 Å². The number of hydrogen-bond acceptors (Lipinski definition) is 7. The van der Waals surface area contributed by atoms with Crippen molar-refractivity contribution in [2.75, 3.05) is 13.7 Å². The van der Waals surface area contributed by atoms with Gasteiger partial charge in [-0.3, -0.25) is 14.8 Å². The van der Waals surface area contributed by atoms with E-state index in [2.05, 4.69) is 20.3 Å². The van der Waals surface area contributed by atoms with Crippen molar-refractivity contribution in [2.24, 2.45) is 4.99 Å². The number of hydrogen-bond donors (Lipinski definition) is 1. The summed E-state index contributed by atoms with van der Waals surface area (Å²) in [6.45, 7) is 2.27. The molecule has 0 aliphatic carbocycles. The molecule has 0 bridgehead atoms.